The number of aliphatic hydroxyl groups is 16. The van der Waals surface area contributed by atoms with Gasteiger partial charge in [0.1, 0.15) is 116 Å². The molecular formula is C73H131N3O31. The van der Waals surface area contributed by atoms with Crippen molar-refractivity contribution >= 4 is 23.7 Å². The van der Waals surface area contributed by atoms with E-state index in [1.807, 2.05) is 6.08 Å². The molecule has 0 radical (unpaired) electrons. The summed E-state index contributed by atoms with van der Waals surface area (Å²) in [6.45, 7) is 0.711. The van der Waals surface area contributed by atoms with Gasteiger partial charge in [0.05, 0.1) is 63.9 Å². The third kappa shape index (κ3) is 29.5. The Hall–Kier alpha value is -3.42. The Morgan fingerprint density at radius 1 is 0.495 bits per heavy atom. The Morgan fingerprint density at radius 3 is 1.46 bits per heavy atom. The molecule has 0 aromatic heterocycles. The predicted octanol–water partition coefficient (Wildman–Crippen LogP) is -1.04. The van der Waals surface area contributed by atoms with Gasteiger partial charge in [0.25, 0.3) is 5.79 Å². The van der Waals surface area contributed by atoms with Crippen molar-refractivity contribution in [1.29, 1.82) is 0 Å². The number of amides is 3. The molecule has 0 saturated carbocycles. The number of carboxylic acid groups (broad SMARTS) is 1. The molecular weight excluding hydrogens is 1410 g/mol. The highest BCUT2D eigenvalue weighted by molar-refractivity contribution is 5.77. The molecule has 3 amide bonds. The molecule has 0 spiro atoms. The first-order chi connectivity index (χ1) is 51.2. The summed E-state index contributed by atoms with van der Waals surface area (Å²) < 4.78 is 58.8. The molecule has 5 fully saturated rings. The summed E-state index contributed by atoms with van der Waals surface area (Å²) in [7, 11) is 0. The molecule has 5 aliphatic heterocycles. The second-order valence-electron chi connectivity index (χ2n) is 29.3. The first kappa shape index (κ1) is 94.2. The monoisotopic (exact) mass is 1550 g/mol. The van der Waals surface area contributed by atoms with Gasteiger partial charge >= 0.3 is 5.97 Å². The maximum absolute atomic E-state index is 13.5. The highest BCUT2D eigenvalue weighted by Gasteiger charge is 2.59. The molecule has 5 rings (SSSR count). The number of ether oxygens (including phenoxy) is 10. The average Bonchev–Trinajstić information content (AvgIpc) is 0.771. The fourth-order valence-electron chi connectivity index (χ4n) is 14.2. The van der Waals surface area contributed by atoms with Crippen LogP contribution < -0.4 is 16.0 Å². The van der Waals surface area contributed by atoms with Crippen molar-refractivity contribution < 1.29 is 153 Å². The summed E-state index contributed by atoms with van der Waals surface area (Å²) in [5.41, 5.74) is 0. The van der Waals surface area contributed by atoms with Crippen LogP contribution in [0.1, 0.15) is 214 Å². The largest absolute Gasteiger partial charge is 0.477 e. The zero-order valence-electron chi connectivity index (χ0n) is 62.8. The molecule has 34 nitrogen and oxygen atoms in total. The van der Waals surface area contributed by atoms with Gasteiger partial charge in [-0.25, -0.2) is 4.79 Å². The van der Waals surface area contributed by atoms with E-state index in [0.29, 0.717) is 12.8 Å². The standard InChI is InChI=1S/C73H131N3O31/c1-5-7-9-11-13-15-17-19-20-22-24-26-28-30-32-34-52(86)76-44(45(83)33-31-29-27-25-23-21-18-16-14-12-10-8-6-2)40-98-69-62(94)60(92)64(50(39-80)102-69)104-71-63(95)67(58(90)49(38-79)101-71)106-68-54(75-43(4)82)65(57(89)48(37-78)100-68)105-70-61(93)59(91)56(88)51(103-70)41-99-73(72(96)97)35-46(84)53(74-42(3)81)66(107-73)55(87)47(85)36-77/h31,33,44-51,53-71,77-80,83-85,87-95H,5-30,32,34-41H2,1-4H3,(H,74,81)(H,75,82)(H,76,86)(H,96,97)/b33-31+/t44-,45+,46?,47+,48?,49?,50?,51?,53+,54?,55+,56-,57+,58-,59-,60+,61?,62?,63?,64+,65+,66?,67-,68-,69+,70-,71-,73+/m0/s1. The lowest BCUT2D eigenvalue weighted by Crippen LogP contribution is -2.70. The van der Waals surface area contributed by atoms with Crippen molar-refractivity contribution in [3.63, 3.8) is 0 Å². The quantitative estimate of drug-likeness (QED) is 0.0255. The van der Waals surface area contributed by atoms with E-state index in [4.69, 9.17) is 47.4 Å². The summed E-state index contributed by atoms with van der Waals surface area (Å²) in [4.78, 5) is 51.5. The van der Waals surface area contributed by atoms with Crippen molar-refractivity contribution in [2.24, 2.45) is 0 Å². The third-order valence-corrected chi connectivity index (χ3v) is 20.6. The smallest absolute Gasteiger partial charge is 0.364 e. The first-order valence-electron chi connectivity index (χ1n) is 39.1. The number of aliphatic carboxylic acids is 1. The summed E-state index contributed by atoms with van der Waals surface area (Å²) in [5, 5.41) is 196. The van der Waals surface area contributed by atoms with Crippen LogP contribution in [-0.2, 0) is 66.5 Å². The van der Waals surface area contributed by atoms with Crippen LogP contribution in [0.25, 0.3) is 0 Å². The van der Waals surface area contributed by atoms with E-state index in [-0.39, 0.29) is 12.3 Å². The van der Waals surface area contributed by atoms with Gasteiger partial charge in [-0.2, -0.15) is 0 Å². The first-order valence-corrected chi connectivity index (χ1v) is 39.1. The number of carboxylic acids is 1. The van der Waals surface area contributed by atoms with E-state index in [1.54, 1.807) is 6.08 Å². The highest BCUT2D eigenvalue weighted by atomic mass is 16.8. The minimum atomic E-state index is -3.00. The molecule has 34 heteroatoms. The summed E-state index contributed by atoms with van der Waals surface area (Å²) >= 11 is 0. The van der Waals surface area contributed by atoms with Crippen molar-refractivity contribution in [1.82, 2.24) is 16.0 Å². The normalized spacial score (nSPS) is 34.6. The topological polar surface area (TPSA) is 541 Å². The van der Waals surface area contributed by atoms with Gasteiger partial charge in [0, 0.05) is 26.7 Å². The van der Waals surface area contributed by atoms with Gasteiger partial charge < -0.3 is 150 Å². The summed E-state index contributed by atoms with van der Waals surface area (Å²) in [6, 6.07) is -4.54. The molecule has 10 unspecified atom stereocenters. The lowest BCUT2D eigenvalue weighted by Gasteiger charge is -2.50. The predicted molar refractivity (Wildman–Crippen MR) is 378 cm³/mol. The Morgan fingerprint density at radius 2 is 0.944 bits per heavy atom. The fourth-order valence-corrected chi connectivity index (χ4v) is 14.2. The number of nitrogens with one attached hydrogen (secondary N) is 3. The van der Waals surface area contributed by atoms with Gasteiger partial charge in [-0.3, -0.25) is 14.4 Å². The molecule has 5 heterocycles. The van der Waals surface area contributed by atoms with Gasteiger partial charge in [-0.1, -0.05) is 180 Å². The SMILES string of the molecule is CCCCCCCCCCCCC/C=C/[C@@H](O)[C@H](CO[C@@H]1OC(CO)[C@@H](O[C@@H]2OC(CO)[C@H](O)[C@H](O[C@@H]3OC(CO)[C@@H](O)[C@H](O[C@@H]4OC(CO[C@]5(C(=O)O)CC(O)[C@@H](NC(C)=O)C([C@H](O)[C@H](O)CO)O5)[C@H](O)[C@H](O)C4O)C3NC(C)=O)C2O)[C@H](O)C1O)NC(=O)CCCCCCCCCCCCCCCCC. The van der Waals surface area contributed by atoms with Gasteiger partial charge in [-0.05, 0) is 19.3 Å². The number of allylic oxidation sites excluding steroid dienone is 1. The Labute approximate surface area is 627 Å². The Bertz CT molecular complexity index is 2500. The molecule has 5 saturated heterocycles. The molecule has 624 valence electrons. The van der Waals surface area contributed by atoms with Crippen LogP contribution in [0.4, 0.5) is 0 Å². The van der Waals surface area contributed by atoms with Gasteiger partial charge in [-0.15, -0.1) is 0 Å². The maximum atomic E-state index is 13.5. The second-order valence-corrected chi connectivity index (χ2v) is 29.3. The molecule has 107 heavy (non-hydrogen) atoms. The number of carbonyl (C=O) groups is 4. The number of unbranched alkanes of at least 4 members (excludes halogenated alkanes) is 25. The Balaban J connectivity index is 1.26. The minimum absolute atomic E-state index is 0.171. The van der Waals surface area contributed by atoms with E-state index in [1.165, 1.54) is 109 Å². The van der Waals surface area contributed by atoms with E-state index in [9.17, 15) is 106 Å². The molecule has 0 bridgehead atoms. The summed E-state index contributed by atoms with van der Waals surface area (Å²) in [5.74, 6) is -7.01. The maximum Gasteiger partial charge on any atom is 0.364 e. The van der Waals surface area contributed by atoms with Gasteiger partial charge in [0.2, 0.25) is 17.7 Å². The van der Waals surface area contributed by atoms with Crippen LogP contribution in [-0.4, -0.2) is 321 Å². The molecule has 20 N–H and O–H groups in total. The number of hydrogen-bond donors (Lipinski definition) is 20. The molecule has 28 atom stereocenters. The number of carbonyl (C=O) groups excluding carboxylic acids is 3. The Kier molecular flexibility index (Phi) is 44.0. The molecule has 5 aliphatic rings. The van der Waals surface area contributed by atoms with E-state index < -0.39 is 235 Å². The third-order valence-electron chi connectivity index (χ3n) is 20.6. The zero-order valence-corrected chi connectivity index (χ0v) is 62.8. The second kappa shape index (κ2) is 49.9. The van der Waals surface area contributed by atoms with Crippen LogP contribution in [0.3, 0.4) is 0 Å². The van der Waals surface area contributed by atoms with Gasteiger partial charge in [0.15, 0.2) is 25.2 Å². The number of aliphatic hydroxyl groups excluding tert-OH is 16. The fraction of sp³-hybridized carbons (Fsp3) is 0.918. The number of hydrogen-bond acceptors (Lipinski definition) is 30. The van der Waals surface area contributed by atoms with Crippen LogP contribution in [0.15, 0.2) is 12.2 Å². The van der Waals surface area contributed by atoms with Crippen molar-refractivity contribution in [3.05, 3.63) is 12.2 Å². The van der Waals surface area contributed by atoms with Crippen LogP contribution >= 0.6 is 0 Å². The molecule has 0 aromatic carbocycles. The molecule has 0 aliphatic carbocycles. The average molecular weight is 1550 g/mol. The van der Waals surface area contributed by atoms with E-state index in [0.717, 1.165) is 65.2 Å². The van der Waals surface area contributed by atoms with Crippen molar-refractivity contribution in [2.75, 3.05) is 39.6 Å². The van der Waals surface area contributed by atoms with E-state index >= 15 is 0 Å². The zero-order chi connectivity index (χ0) is 78.8. The number of rotatable bonds is 52. The van der Waals surface area contributed by atoms with Crippen molar-refractivity contribution in [3.8, 4) is 0 Å². The minimum Gasteiger partial charge on any atom is -0.477 e. The summed E-state index contributed by atoms with van der Waals surface area (Å²) in [6.07, 6.45) is -14.1. The lowest BCUT2D eigenvalue weighted by atomic mass is 9.88. The lowest BCUT2D eigenvalue weighted by molar-refractivity contribution is -0.382. The molecule has 0 aromatic rings. The van der Waals surface area contributed by atoms with E-state index in [2.05, 4.69) is 29.8 Å². The van der Waals surface area contributed by atoms with Crippen LogP contribution in [0, 0.1) is 0 Å². The van der Waals surface area contributed by atoms with Crippen LogP contribution in [0.2, 0.25) is 0 Å². The van der Waals surface area contributed by atoms with Crippen LogP contribution in [0.5, 0.6) is 0 Å². The van der Waals surface area contributed by atoms with Crippen molar-refractivity contribution in [2.45, 2.75) is 385 Å². The highest BCUT2D eigenvalue weighted by Crippen LogP contribution is 2.38.